The number of hydrogen-bond donors (Lipinski definition) is 1. The van der Waals surface area contributed by atoms with Gasteiger partial charge in [-0.15, -0.1) is 0 Å². The Morgan fingerprint density at radius 1 is 1.33 bits per heavy atom. The molecule has 100 valence electrons. The predicted molar refractivity (Wildman–Crippen MR) is 64.0 cm³/mol. The van der Waals surface area contributed by atoms with Crippen LogP contribution < -0.4 is 10.1 Å². The van der Waals surface area contributed by atoms with Crippen LogP contribution in [-0.2, 0) is 10.2 Å². The van der Waals surface area contributed by atoms with Gasteiger partial charge in [-0.2, -0.15) is 0 Å². The molecule has 1 saturated heterocycles. The molecule has 1 aromatic rings. The molecule has 0 amide bonds. The van der Waals surface area contributed by atoms with Gasteiger partial charge in [-0.1, -0.05) is 6.92 Å². The molecule has 0 unspecified atom stereocenters. The highest BCUT2D eigenvalue weighted by atomic mass is 19.1. The first-order valence-electron chi connectivity index (χ1n) is 5.95. The summed E-state index contributed by atoms with van der Waals surface area (Å²) in [6.45, 7) is 4.14. The fourth-order valence-electron chi connectivity index (χ4n) is 2.16. The summed E-state index contributed by atoms with van der Waals surface area (Å²) in [6, 6.07) is 2.31. The Labute approximate surface area is 105 Å². The molecule has 1 aromatic carbocycles. The predicted octanol–water partition coefficient (Wildman–Crippen LogP) is 1.85. The van der Waals surface area contributed by atoms with Crippen LogP contribution in [-0.4, -0.2) is 33.4 Å². The van der Waals surface area contributed by atoms with E-state index in [4.69, 9.17) is 9.47 Å². The zero-order valence-electron chi connectivity index (χ0n) is 10.6. The first-order valence-corrected chi connectivity index (χ1v) is 5.95. The summed E-state index contributed by atoms with van der Waals surface area (Å²) in [6.07, 6.45) is 0. The molecule has 3 nitrogen and oxygen atoms in total. The second-order valence-corrected chi connectivity index (χ2v) is 4.52. The molecule has 0 aliphatic carbocycles. The van der Waals surface area contributed by atoms with Crippen LogP contribution in [0.2, 0.25) is 0 Å². The molecule has 1 fully saturated rings. The highest BCUT2D eigenvalue weighted by molar-refractivity contribution is 5.37. The van der Waals surface area contributed by atoms with Crippen molar-refractivity contribution < 1.29 is 18.3 Å². The quantitative estimate of drug-likeness (QED) is 0.873. The molecule has 0 atom stereocenters. The standard InChI is InChI=1S/C13H17F2NO2/c1-3-16-6-13(7-18-8-13)9-4-11(15)12(17-2)5-10(9)14/h4-5,16H,3,6-8H2,1-2H3. The van der Waals surface area contributed by atoms with E-state index in [9.17, 15) is 8.78 Å². The van der Waals surface area contributed by atoms with E-state index in [-0.39, 0.29) is 5.75 Å². The number of methoxy groups -OCH3 is 1. The molecule has 18 heavy (non-hydrogen) atoms. The molecule has 1 aliphatic rings. The van der Waals surface area contributed by atoms with Crippen molar-refractivity contribution in [3.8, 4) is 5.75 Å². The van der Waals surface area contributed by atoms with Gasteiger partial charge >= 0.3 is 0 Å². The van der Waals surface area contributed by atoms with Gasteiger partial charge in [0.15, 0.2) is 11.6 Å². The third-order valence-corrected chi connectivity index (χ3v) is 3.28. The van der Waals surface area contributed by atoms with Gasteiger partial charge in [-0.05, 0) is 12.6 Å². The summed E-state index contributed by atoms with van der Waals surface area (Å²) in [5.74, 6) is -1.07. The molecule has 0 aromatic heterocycles. The molecule has 1 N–H and O–H groups in total. The number of benzene rings is 1. The summed E-state index contributed by atoms with van der Waals surface area (Å²) in [5, 5.41) is 3.16. The molecule has 0 radical (unpaired) electrons. The largest absolute Gasteiger partial charge is 0.494 e. The van der Waals surface area contributed by atoms with Crippen molar-refractivity contribution >= 4 is 0 Å². The number of ether oxygens (including phenoxy) is 2. The van der Waals surface area contributed by atoms with Crippen molar-refractivity contribution in [3.05, 3.63) is 29.3 Å². The molecular weight excluding hydrogens is 240 g/mol. The Morgan fingerprint density at radius 2 is 2.06 bits per heavy atom. The van der Waals surface area contributed by atoms with Gasteiger partial charge in [-0.3, -0.25) is 0 Å². The van der Waals surface area contributed by atoms with Crippen molar-refractivity contribution in [1.82, 2.24) is 5.32 Å². The van der Waals surface area contributed by atoms with Crippen molar-refractivity contribution in [1.29, 1.82) is 0 Å². The Hall–Kier alpha value is -1.20. The topological polar surface area (TPSA) is 30.5 Å². The zero-order valence-corrected chi connectivity index (χ0v) is 10.6. The van der Waals surface area contributed by atoms with Crippen LogP contribution in [0, 0.1) is 11.6 Å². The molecule has 1 aliphatic heterocycles. The van der Waals surface area contributed by atoms with E-state index in [1.807, 2.05) is 6.92 Å². The maximum atomic E-state index is 14.0. The maximum absolute atomic E-state index is 14.0. The average molecular weight is 257 g/mol. The van der Waals surface area contributed by atoms with Crippen molar-refractivity contribution in [2.45, 2.75) is 12.3 Å². The minimum atomic E-state index is -0.545. The number of hydrogen-bond acceptors (Lipinski definition) is 3. The second kappa shape index (κ2) is 5.20. The molecule has 1 heterocycles. The first-order chi connectivity index (χ1) is 8.63. The van der Waals surface area contributed by atoms with E-state index in [0.29, 0.717) is 25.3 Å². The number of halogens is 2. The van der Waals surface area contributed by atoms with E-state index < -0.39 is 17.0 Å². The summed E-state index contributed by atoms with van der Waals surface area (Å²) in [4.78, 5) is 0. The van der Waals surface area contributed by atoms with Gasteiger partial charge < -0.3 is 14.8 Å². The van der Waals surface area contributed by atoms with Crippen LogP contribution >= 0.6 is 0 Å². The van der Waals surface area contributed by atoms with Crippen LogP contribution in [0.5, 0.6) is 5.75 Å². The summed E-state index contributed by atoms with van der Waals surface area (Å²) < 4.78 is 37.7. The SMILES string of the molecule is CCNCC1(c2cc(F)c(OC)cc2F)COC1. The molecule has 2 rings (SSSR count). The van der Waals surface area contributed by atoms with Gasteiger partial charge in [0.2, 0.25) is 0 Å². The minimum Gasteiger partial charge on any atom is -0.494 e. The third kappa shape index (κ3) is 2.20. The Kier molecular flexibility index (Phi) is 3.82. The second-order valence-electron chi connectivity index (χ2n) is 4.52. The van der Waals surface area contributed by atoms with Crippen LogP contribution in [0.3, 0.4) is 0 Å². The maximum Gasteiger partial charge on any atom is 0.165 e. The van der Waals surface area contributed by atoms with Crippen LogP contribution in [0.4, 0.5) is 8.78 Å². The lowest BCUT2D eigenvalue weighted by atomic mass is 9.78. The smallest absolute Gasteiger partial charge is 0.165 e. The third-order valence-electron chi connectivity index (χ3n) is 3.28. The van der Waals surface area contributed by atoms with Crippen LogP contribution in [0.25, 0.3) is 0 Å². The number of nitrogens with one attached hydrogen (secondary N) is 1. The normalized spacial score (nSPS) is 17.3. The fourth-order valence-corrected chi connectivity index (χ4v) is 2.16. The zero-order chi connectivity index (χ0) is 13.2. The lowest BCUT2D eigenvalue weighted by molar-refractivity contribution is -0.0605. The Balaban J connectivity index is 2.34. The lowest BCUT2D eigenvalue weighted by Crippen LogP contribution is -2.54. The molecule has 0 saturated carbocycles. The molecule has 0 spiro atoms. The molecule has 5 heteroatoms. The average Bonchev–Trinajstić information content (AvgIpc) is 2.31. The van der Waals surface area contributed by atoms with Gasteiger partial charge in [0.25, 0.3) is 0 Å². The Morgan fingerprint density at radius 3 is 2.56 bits per heavy atom. The lowest BCUT2D eigenvalue weighted by Gasteiger charge is -2.42. The Bertz CT molecular complexity index is 433. The fraction of sp³-hybridized carbons (Fsp3) is 0.538. The summed E-state index contributed by atoms with van der Waals surface area (Å²) in [7, 11) is 1.32. The van der Waals surface area contributed by atoms with E-state index in [0.717, 1.165) is 12.6 Å². The minimum absolute atomic E-state index is 0.0740. The van der Waals surface area contributed by atoms with Crippen molar-refractivity contribution in [3.63, 3.8) is 0 Å². The first kappa shape index (κ1) is 13.2. The van der Waals surface area contributed by atoms with Crippen molar-refractivity contribution in [2.75, 3.05) is 33.4 Å². The van der Waals surface area contributed by atoms with Crippen molar-refractivity contribution in [2.24, 2.45) is 0 Å². The summed E-state index contributed by atoms with van der Waals surface area (Å²) in [5.41, 5.74) is -0.110. The number of likely N-dealkylation sites (N-methyl/N-ethyl adjacent to an activating group) is 1. The van der Waals surface area contributed by atoms with Gasteiger partial charge in [0.05, 0.1) is 25.7 Å². The van der Waals surface area contributed by atoms with Gasteiger partial charge in [0.1, 0.15) is 5.82 Å². The van der Waals surface area contributed by atoms with E-state index in [1.54, 1.807) is 0 Å². The number of rotatable bonds is 5. The van der Waals surface area contributed by atoms with E-state index in [1.165, 1.54) is 13.2 Å². The highest BCUT2D eigenvalue weighted by Crippen LogP contribution is 2.36. The molecular formula is C13H17F2NO2. The van der Waals surface area contributed by atoms with E-state index >= 15 is 0 Å². The van der Waals surface area contributed by atoms with Gasteiger partial charge in [-0.25, -0.2) is 8.78 Å². The highest BCUT2D eigenvalue weighted by Gasteiger charge is 2.42. The monoisotopic (exact) mass is 257 g/mol. The van der Waals surface area contributed by atoms with E-state index in [2.05, 4.69) is 5.32 Å². The summed E-state index contributed by atoms with van der Waals surface area (Å²) >= 11 is 0. The molecule has 0 bridgehead atoms. The van der Waals surface area contributed by atoms with Crippen LogP contribution in [0.1, 0.15) is 12.5 Å². The van der Waals surface area contributed by atoms with Crippen LogP contribution in [0.15, 0.2) is 12.1 Å². The van der Waals surface area contributed by atoms with Gasteiger partial charge in [0, 0.05) is 18.2 Å².